The molecule has 0 spiro atoms. The molecule has 1 aliphatic rings. The van der Waals surface area contributed by atoms with Crippen molar-refractivity contribution in [1.29, 1.82) is 0 Å². The van der Waals surface area contributed by atoms with Crippen LogP contribution < -0.4 is 10.2 Å². The molecule has 5 nitrogen and oxygen atoms in total. The van der Waals surface area contributed by atoms with E-state index >= 15 is 0 Å². The van der Waals surface area contributed by atoms with Crippen molar-refractivity contribution >= 4 is 11.6 Å². The van der Waals surface area contributed by atoms with E-state index in [1.165, 1.54) is 6.42 Å². The summed E-state index contributed by atoms with van der Waals surface area (Å²) in [6.45, 7) is 7.35. The third kappa shape index (κ3) is 3.15. The zero-order chi connectivity index (χ0) is 13.8. The largest absolute Gasteiger partial charge is 0.370 e. The molecule has 0 saturated carbocycles. The van der Waals surface area contributed by atoms with Gasteiger partial charge in [0.2, 0.25) is 0 Å². The average Bonchev–Trinajstić information content (AvgIpc) is 2.87. The first-order chi connectivity index (χ1) is 9.13. The quantitative estimate of drug-likeness (QED) is 0.877. The van der Waals surface area contributed by atoms with Gasteiger partial charge in [-0.3, -0.25) is 0 Å². The molecule has 1 atom stereocenters. The molecule has 19 heavy (non-hydrogen) atoms. The van der Waals surface area contributed by atoms with Crippen molar-refractivity contribution in [3.8, 4) is 0 Å². The molecule has 1 N–H and O–H groups in total. The van der Waals surface area contributed by atoms with Crippen molar-refractivity contribution < 1.29 is 0 Å². The summed E-state index contributed by atoms with van der Waals surface area (Å²) in [5.41, 5.74) is 1.16. The molecule has 2 rings (SSSR count). The standard InChI is InChI=1S/C14H25N5/c1-5-7-15-13-11(2)14(17-10-16-13)19-8-6-12(9-19)18(3)4/h10,12H,5-9H2,1-4H3,(H,15,16,17). The maximum Gasteiger partial charge on any atom is 0.137 e. The van der Waals surface area contributed by atoms with Crippen molar-refractivity contribution in [3.63, 3.8) is 0 Å². The van der Waals surface area contributed by atoms with Crippen molar-refractivity contribution in [2.24, 2.45) is 0 Å². The van der Waals surface area contributed by atoms with Crippen LogP contribution in [0.3, 0.4) is 0 Å². The number of hydrogen-bond donors (Lipinski definition) is 1. The van der Waals surface area contributed by atoms with Crippen LogP contribution in [0.25, 0.3) is 0 Å². The summed E-state index contributed by atoms with van der Waals surface area (Å²) < 4.78 is 0. The van der Waals surface area contributed by atoms with Gasteiger partial charge in [-0.1, -0.05) is 6.92 Å². The molecule has 1 unspecified atom stereocenters. The minimum absolute atomic E-state index is 0.626. The Morgan fingerprint density at radius 2 is 2.21 bits per heavy atom. The van der Waals surface area contributed by atoms with Gasteiger partial charge in [0, 0.05) is 31.2 Å². The first-order valence-electron chi connectivity index (χ1n) is 7.10. The number of aromatic nitrogens is 2. The average molecular weight is 263 g/mol. The van der Waals surface area contributed by atoms with Crippen LogP contribution in [0.2, 0.25) is 0 Å². The van der Waals surface area contributed by atoms with Gasteiger partial charge in [0.15, 0.2) is 0 Å². The molecule has 0 aromatic carbocycles. The Hall–Kier alpha value is -1.36. The van der Waals surface area contributed by atoms with Crippen LogP contribution in [0.15, 0.2) is 6.33 Å². The molecule has 0 radical (unpaired) electrons. The van der Waals surface area contributed by atoms with Gasteiger partial charge in [0.05, 0.1) is 0 Å². The lowest BCUT2D eigenvalue weighted by Crippen LogP contribution is -2.32. The van der Waals surface area contributed by atoms with E-state index in [-0.39, 0.29) is 0 Å². The summed E-state index contributed by atoms with van der Waals surface area (Å²) in [6, 6.07) is 0.626. The first-order valence-corrected chi connectivity index (χ1v) is 7.10. The Labute approximate surface area is 116 Å². The maximum absolute atomic E-state index is 4.48. The molecular weight excluding hydrogens is 238 g/mol. The topological polar surface area (TPSA) is 44.3 Å². The zero-order valence-electron chi connectivity index (χ0n) is 12.5. The van der Waals surface area contributed by atoms with Crippen LogP contribution in [0.5, 0.6) is 0 Å². The molecular formula is C14H25N5. The lowest BCUT2D eigenvalue weighted by Gasteiger charge is -2.23. The van der Waals surface area contributed by atoms with Gasteiger partial charge in [-0.15, -0.1) is 0 Å². The second-order valence-corrected chi connectivity index (χ2v) is 5.45. The number of nitrogens with one attached hydrogen (secondary N) is 1. The number of hydrogen-bond acceptors (Lipinski definition) is 5. The van der Waals surface area contributed by atoms with E-state index in [0.29, 0.717) is 6.04 Å². The highest BCUT2D eigenvalue weighted by Gasteiger charge is 2.26. The predicted octanol–water partition coefficient (Wildman–Crippen LogP) is 1.75. The molecule has 106 valence electrons. The molecule has 0 bridgehead atoms. The third-order valence-corrected chi connectivity index (χ3v) is 3.79. The van der Waals surface area contributed by atoms with Crippen molar-refractivity contribution in [3.05, 3.63) is 11.9 Å². The van der Waals surface area contributed by atoms with Gasteiger partial charge >= 0.3 is 0 Å². The minimum atomic E-state index is 0.626. The number of anilines is 2. The monoisotopic (exact) mass is 263 g/mol. The fourth-order valence-corrected chi connectivity index (χ4v) is 2.54. The zero-order valence-corrected chi connectivity index (χ0v) is 12.5. The van der Waals surface area contributed by atoms with Crippen molar-refractivity contribution in [2.75, 3.05) is 43.9 Å². The molecule has 0 amide bonds. The second kappa shape index (κ2) is 6.19. The van der Waals surface area contributed by atoms with Gasteiger partial charge in [0.25, 0.3) is 0 Å². The Bertz CT molecular complexity index is 418. The lowest BCUT2D eigenvalue weighted by molar-refractivity contribution is 0.315. The number of likely N-dealkylation sites (N-methyl/N-ethyl adjacent to an activating group) is 1. The summed E-state index contributed by atoms with van der Waals surface area (Å²) in [5.74, 6) is 2.05. The summed E-state index contributed by atoms with van der Waals surface area (Å²) in [7, 11) is 4.30. The van der Waals surface area contributed by atoms with Gasteiger partial charge in [-0.25, -0.2) is 9.97 Å². The van der Waals surface area contributed by atoms with Gasteiger partial charge in [-0.05, 0) is 33.9 Å². The van der Waals surface area contributed by atoms with Crippen LogP contribution in [0.4, 0.5) is 11.6 Å². The van der Waals surface area contributed by atoms with Crippen LogP contribution in [-0.2, 0) is 0 Å². The van der Waals surface area contributed by atoms with E-state index in [2.05, 4.69) is 53.0 Å². The first kappa shape index (κ1) is 14.1. The van der Waals surface area contributed by atoms with Crippen molar-refractivity contribution in [1.82, 2.24) is 14.9 Å². The molecule has 1 saturated heterocycles. The molecule has 1 aliphatic heterocycles. The van der Waals surface area contributed by atoms with E-state index in [4.69, 9.17) is 0 Å². The molecule has 1 aromatic rings. The third-order valence-electron chi connectivity index (χ3n) is 3.79. The van der Waals surface area contributed by atoms with E-state index in [1.807, 2.05) is 0 Å². The number of rotatable bonds is 5. The van der Waals surface area contributed by atoms with E-state index < -0.39 is 0 Å². The van der Waals surface area contributed by atoms with E-state index in [9.17, 15) is 0 Å². The highest BCUT2D eigenvalue weighted by Crippen LogP contribution is 2.26. The highest BCUT2D eigenvalue weighted by molar-refractivity contribution is 5.58. The van der Waals surface area contributed by atoms with E-state index in [1.54, 1.807) is 6.33 Å². The lowest BCUT2D eigenvalue weighted by atomic mass is 10.2. The summed E-state index contributed by atoms with van der Waals surface area (Å²) in [5, 5.41) is 3.37. The minimum Gasteiger partial charge on any atom is -0.370 e. The van der Waals surface area contributed by atoms with Crippen LogP contribution in [0, 0.1) is 6.92 Å². The van der Waals surface area contributed by atoms with Gasteiger partial charge in [0.1, 0.15) is 18.0 Å². The number of nitrogens with zero attached hydrogens (tertiary/aromatic N) is 4. The molecule has 0 aliphatic carbocycles. The highest BCUT2D eigenvalue weighted by atomic mass is 15.3. The summed E-state index contributed by atoms with van der Waals surface area (Å²) in [4.78, 5) is 13.5. The van der Waals surface area contributed by atoms with E-state index in [0.717, 1.165) is 43.3 Å². The fraction of sp³-hybridized carbons (Fsp3) is 0.714. The maximum atomic E-state index is 4.48. The molecule has 1 aromatic heterocycles. The Morgan fingerprint density at radius 3 is 2.84 bits per heavy atom. The van der Waals surface area contributed by atoms with Crippen LogP contribution in [0.1, 0.15) is 25.3 Å². The van der Waals surface area contributed by atoms with Crippen molar-refractivity contribution in [2.45, 2.75) is 32.7 Å². The smallest absolute Gasteiger partial charge is 0.137 e. The normalized spacial score (nSPS) is 19.2. The Balaban J connectivity index is 2.12. The van der Waals surface area contributed by atoms with Gasteiger partial charge in [-0.2, -0.15) is 0 Å². The fourth-order valence-electron chi connectivity index (χ4n) is 2.54. The molecule has 5 heteroatoms. The predicted molar refractivity (Wildman–Crippen MR) is 79.9 cm³/mol. The SMILES string of the molecule is CCCNc1ncnc(N2CCC(N(C)C)C2)c1C. The van der Waals surface area contributed by atoms with Crippen LogP contribution in [-0.4, -0.2) is 54.6 Å². The second-order valence-electron chi connectivity index (χ2n) is 5.45. The molecule has 1 fully saturated rings. The Kier molecular flexibility index (Phi) is 4.58. The molecule has 2 heterocycles. The summed E-state index contributed by atoms with van der Waals surface area (Å²) in [6.07, 6.45) is 3.97. The Morgan fingerprint density at radius 1 is 1.42 bits per heavy atom. The van der Waals surface area contributed by atoms with Gasteiger partial charge < -0.3 is 15.1 Å². The van der Waals surface area contributed by atoms with Crippen LogP contribution >= 0.6 is 0 Å². The summed E-state index contributed by atoms with van der Waals surface area (Å²) >= 11 is 0.